The summed E-state index contributed by atoms with van der Waals surface area (Å²) in [7, 11) is 2.08. The summed E-state index contributed by atoms with van der Waals surface area (Å²) < 4.78 is 0. The standard InChI is InChI=1S/C15H19NO/c1-16(14-8-5-9-15(17)12-14)11-10-13-6-3-2-4-7-13/h2-4,6-7,12H,5,8-11H2,1H3. The zero-order valence-corrected chi connectivity index (χ0v) is 10.4. The maximum atomic E-state index is 11.3. The van der Waals surface area contributed by atoms with E-state index in [1.807, 2.05) is 12.1 Å². The Kier molecular flexibility index (Phi) is 3.97. The number of benzene rings is 1. The molecule has 2 rings (SSSR count). The lowest BCUT2D eigenvalue weighted by molar-refractivity contribution is -0.115. The first-order chi connectivity index (χ1) is 8.25. The molecule has 0 aromatic heterocycles. The third kappa shape index (κ3) is 3.45. The highest BCUT2D eigenvalue weighted by molar-refractivity contribution is 5.91. The molecule has 1 aliphatic rings. The van der Waals surface area contributed by atoms with Crippen LogP contribution in [0, 0.1) is 0 Å². The second kappa shape index (κ2) is 5.67. The second-order valence-corrected chi connectivity index (χ2v) is 4.61. The molecule has 0 unspecified atom stereocenters. The van der Waals surface area contributed by atoms with Crippen LogP contribution in [0.1, 0.15) is 24.8 Å². The van der Waals surface area contributed by atoms with E-state index >= 15 is 0 Å². The van der Waals surface area contributed by atoms with Gasteiger partial charge in [-0.25, -0.2) is 0 Å². The van der Waals surface area contributed by atoms with Gasteiger partial charge in [-0.3, -0.25) is 4.79 Å². The van der Waals surface area contributed by atoms with Crippen molar-refractivity contribution >= 4 is 5.78 Å². The molecule has 0 atom stereocenters. The molecule has 2 nitrogen and oxygen atoms in total. The van der Waals surface area contributed by atoms with Crippen molar-refractivity contribution in [2.24, 2.45) is 0 Å². The van der Waals surface area contributed by atoms with Crippen molar-refractivity contribution in [1.29, 1.82) is 0 Å². The Morgan fingerprint density at radius 3 is 2.65 bits per heavy atom. The van der Waals surface area contributed by atoms with Crippen LogP contribution in [-0.4, -0.2) is 24.3 Å². The van der Waals surface area contributed by atoms with Gasteiger partial charge >= 0.3 is 0 Å². The third-order valence-corrected chi connectivity index (χ3v) is 3.25. The number of carbonyl (C=O) groups is 1. The predicted molar refractivity (Wildman–Crippen MR) is 69.7 cm³/mol. The van der Waals surface area contributed by atoms with Crippen LogP contribution >= 0.6 is 0 Å². The summed E-state index contributed by atoms with van der Waals surface area (Å²) in [6.07, 6.45) is 5.60. The SMILES string of the molecule is CN(CCc1ccccc1)C1=CC(=O)CCC1. The zero-order chi connectivity index (χ0) is 12.1. The molecule has 0 aliphatic heterocycles. The molecule has 0 saturated heterocycles. The van der Waals surface area contributed by atoms with E-state index in [-0.39, 0.29) is 5.78 Å². The van der Waals surface area contributed by atoms with Crippen LogP contribution in [0.4, 0.5) is 0 Å². The maximum absolute atomic E-state index is 11.3. The van der Waals surface area contributed by atoms with Crippen molar-refractivity contribution in [3.8, 4) is 0 Å². The fraction of sp³-hybridized carbons (Fsp3) is 0.400. The summed E-state index contributed by atoms with van der Waals surface area (Å²) in [5.41, 5.74) is 2.54. The monoisotopic (exact) mass is 229 g/mol. The van der Waals surface area contributed by atoms with Crippen molar-refractivity contribution in [3.63, 3.8) is 0 Å². The van der Waals surface area contributed by atoms with E-state index in [0.29, 0.717) is 0 Å². The summed E-state index contributed by atoms with van der Waals surface area (Å²) >= 11 is 0. The normalized spacial score (nSPS) is 15.6. The van der Waals surface area contributed by atoms with Gasteiger partial charge < -0.3 is 4.90 Å². The molecule has 90 valence electrons. The third-order valence-electron chi connectivity index (χ3n) is 3.25. The van der Waals surface area contributed by atoms with Gasteiger partial charge in [-0.05, 0) is 24.8 Å². The molecule has 0 amide bonds. The van der Waals surface area contributed by atoms with Crippen LogP contribution in [0.5, 0.6) is 0 Å². The van der Waals surface area contributed by atoms with Gasteiger partial charge in [0.1, 0.15) is 0 Å². The van der Waals surface area contributed by atoms with Crippen LogP contribution < -0.4 is 0 Å². The summed E-state index contributed by atoms with van der Waals surface area (Å²) in [4.78, 5) is 13.6. The Hall–Kier alpha value is -1.57. The zero-order valence-electron chi connectivity index (χ0n) is 10.4. The molecule has 0 N–H and O–H groups in total. The van der Waals surface area contributed by atoms with Crippen molar-refractivity contribution in [3.05, 3.63) is 47.7 Å². The van der Waals surface area contributed by atoms with Crippen molar-refractivity contribution in [2.75, 3.05) is 13.6 Å². The van der Waals surface area contributed by atoms with E-state index < -0.39 is 0 Å². The maximum Gasteiger partial charge on any atom is 0.157 e. The van der Waals surface area contributed by atoms with Gasteiger partial charge in [0.2, 0.25) is 0 Å². The van der Waals surface area contributed by atoms with E-state index in [9.17, 15) is 4.79 Å². The molecule has 0 heterocycles. The second-order valence-electron chi connectivity index (χ2n) is 4.61. The van der Waals surface area contributed by atoms with Gasteiger partial charge in [-0.1, -0.05) is 30.3 Å². The molecular formula is C15H19NO. The summed E-state index contributed by atoms with van der Waals surface area (Å²) in [6, 6.07) is 10.5. The number of nitrogens with zero attached hydrogens (tertiary/aromatic N) is 1. The van der Waals surface area contributed by atoms with Crippen LogP contribution in [0.2, 0.25) is 0 Å². The molecule has 0 fully saturated rings. The van der Waals surface area contributed by atoms with Crippen molar-refractivity contribution in [2.45, 2.75) is 25.7 Å². The predicted octanol–water partition coefficient (Wildman–Crippen LogP) is 2.80. The van der Waals surface area contributed by atoms with Crippen molar-refractivity contribution in [1.82, 2.24) is 4.90 Å². The Balaban J connectivity index is 1.89. The van der Waals surface area contributed by atoms with Crippen LogP contribution in [0.15, 0.2) is 42.1 Å². The Morgan fingerprint density at radius 1 is 1.18 bits per heavy atom. The van der Waals surface area contributed by atoms with Crippen LogP contribution in [0.3, 0.4) is 0 Å². The molecule has 1 aromatic rings. The number of rotatable bonds is 4. The number of likely N-dealkylation sites (N-methyl/N-ethyl adjacent to an activating group) is 1. The molecule has 0 spiro atoms. The molecule has 1 aromatic carbocycles. The minimum Gasteiger partial charge on any atom is -0.377 e. The van der Waals surface area contributed by atoms with Gasteiger partial charge in [0.15, 0.2) is 5.78 Å². The fourth-order valence-corrected chi connectivity index (χ4v) is 2.16. The van der Waals surface area contributed by atoms with Gasteiger partial charge in [0, 0.05) is 31.8 Å². The smallest absolute Gasteiger partial charge is 0.157 e. The Labute approximate surface area is 103 Å². The van der Waals surface area contributed by atoms with Gasteiger partial charge in [0.05, 0.1) is 0 Å². The Bertz CT molecular complexity index is 408. The highest BCUT2D eigenvalue weighted by atomic mass is 16.1. The number of ketones is 1. The molecular weight excluding hydrogens is 210 g/mol. The topological polar surface area (TPSA) is 20.3 Å². The molecule has 17 heavy (non-hydrogen) atoms. The van der Waals surface area contributed by atoms with E-state index in [0.717, 1.165) is 32.2 Å². The number of hydrogen-bond acceptors (Lipinski definition) is 2. The first kappa shape index (κ1) is 11.9. The number of carbonyl (C=O) groups excluding carboxylic acids is 1. The summed E-state index contributed by atoms with van der Waals surface area (Å²) in [5, 5.41) is 0. The quantitative estimate of drug-likeness (QED) is 0.791. The van der Waals surface area contributed by atoms with E-state index in [4.69, 9.17) is 0 Å². The van der Waals surface area contributed by atoms with E-state index in [2.05, 4.69) is 36.2 Å². The molecule has 0 saturated carbocycles. The van der Waals surface area contributed by atoms with E-state index in [1.165, 1.54) is 11.3 Å². The number of hydrogen-bond donors (Lipinski definition) is 0. The lowest BCUT2D eigenvalue weighted by atomic mass is 10.0. The van der Waals surface area contributed by atoms with Gasteiger partial charge in [-0.2, -0.15) is 0 Å². The Morgan fingerprint density at radius 2 is 1.94 bits per heavy atom. The first-order valence-electron chi connectivity index (χ1n) is 6.24. The number of allylic oxidation sites excluding steroid dienone is 2. The van der Waals surface area contributed by atoms with Gasteiger partial charge in [0.25, 0.3) is 0 Å². The van der Waals surface area contributed by atoms with Crippen LogP contribution in [-0.2, 0) is 11.2 Å². The molecule has 0 bridgehead atoms. The average molecular weight is 229 g/mol. The highest BCUT2D eigenvalue weighted by Gasteiger charge is 2.12. The first-order valence-corrected chi connectivity index (χ1v) is 6.24. The average Bonchev–Trinajstić information content (AvgIpc) is 2.37. The van der Waals surface area contributed by atoms with Crippen LogP contribution in [0.25, 0.3) is 0 Å². The van der Waals surface area contributed by atoms with Gasteiger partial charge in [-0.15, -0.1) is 0 Å². The minimum absolute atomic E-state index is 0.276. The van der Waals surface area contributed by atoms with E-state index in [1.54, 1.807) is 0 Å². The minimum atomic E-state index is 0.276. The molecule has 0 radical (unpaired) electrons. The largest absolute Gasteiger partial charge is 0.377 e. The summed E-state index contributed by atoms with van der Waals surface area (Å²) in [5.74, 6) is 0.276. The highest BCUT2D eigenvalue weighted by Crippen LogP contribution is 2.18. The lowest BCUT2D eigenvalue weighted by Gasteiger charge is -2.24. The molecule has 2 heteroatoms. The fourth-order valence-electron chi connectivity index (χ4n) is 2.16. The molecule has 1 aliphatic carbocycles. The lowest BCUT2D eigenvalue weighted by Crippen LogP contribution is -2.23. The summed E-state index contributed by atoms with van der Waals surface area (Å²) in [6.45, 7) is 0.975. The van der Waals surface area contributed by atoms with Crippen molar-refractivity contribution < 1.29 is 4.79 Å².